The first-order chi connectivity index (χ1) is 12.8. The highest BCUT2D eigenvalue weighted by atomic mass is 32.1. The fourth-order valence-electron chi connectivity index (χ4n) is 3.34. The van der Waals surface area contributed by atoms with E-state index in [2.05, 4.69) is 43.3 Å². The van der Waals surface area contributed by atoms with Crippen LogP contribution < -0.4 is 10.2 Å². The van der Waals surface area contributed by atoms with Crippen molar-refractivity contribution in [2.24, 2.45) is 0 Å². The van der Waals surface area contributed by atoms with Gasteiger partial charge in [-0.25, -0.2) is 0 Å². The summed E-state index contributed by atoms with van der Waals surface area (Å²) >= 11 is 1.67. The first-order valence-electron chi connectivity index (χ1n) is 9.31. The lowest BCUT2D eigenvalue weighted by Gasteiger charge is -2.17. The molecule has 1 aliphatic heterocycles. The highest BCUT2D eigenvalue weighted by Gasteiger charge is 2.16. The van der Waals surface area contributed by atoms with E-state index in [1.807, 2.05) is 19.1 Å². The van der Waals surface area contributed by atoms with E-state index in [1.165, 1.54) is 31.4 Å². The predicted molar refractivity (Wildman–Crippen MR) is 104 cm³/mol. The number of aryl methyl sites for hydroxylation is 1. The van der Waals surface area contributed by atoms with Gasteiger partial charge in [0.2, 0.25) is 10.3 Å². The van der Waals surface area contributed by atoms with Gasteiger partial charge in [0.1, 0.15) is 11.5 Å². The molecule has 0 unspecified atom stereocenters. The number of rotatable bonds is 6. The molecule has 3 aromatic rings. The van der Waals surface area contributed by atoms with Gasteiger partial charge < -0.3 is 14.6 Å². The number of furan rings is 1. The minimum absolute atomic E-state index is 0.716. The number of aromatic nitrogens is 3. The third-order valence-corrected chi connectivity index (χ3v) is 5.70. The van der Waals surface area contributed by atoms with E-state index < -0.39 is 0 Å². The highest BCUT2D eigenvalue weighted by Crippen LogP contribution is 2.26. The molecule has 0 aromatic carbocycles. The lowest BCUT2D eigenvalue weighted by Crippen LogP contribution is -2.23. The summed E-state index contributed by atoms with van der Waals surface area (Å²) in [4.78, 5) is 2.38. The standard InChI is InChI=1S/C19H25N5OS/c1-15-8-9-17(25-15)14-20-13-16-7-6-12-24(16)19-22-21-18(26-19)23-10-4-2-3-5-11-23/h6-9,12,20H,2-5,10-11,13-14H2,1H3. The smallest absolute Gasteiger partial charge is 0.218 e. The van der Waals surface area contributed by atoms with Crippen LogP contribution in [0.2, 0.25) is 0 Å². The molecule has 1 fully saturated rings. The highest BCUT2D eigenvalue weighted by molar-refractivity contribution is 7.17. The molecule has 4 rings (SSSR count). The zero-order valence-corrected chi connectivity index (χ0v) is 16.0. The number of hydrogen-bond acceptors (Lipinski definition) is 6. The van der Waals surface area contributed by atoms with Crippen LogP contribution in [-0.2, 0) is 13.1 Å². The third kappa shape index (κ3) is 3.99. The number of hydrogen-bond donors (Lipinski definition) is 1. The number of nitrogens with zero attached hydrogens (tertiary/aromatic N) is 4. The Hall–Kier alpha value is -2.12. The molecule has 26 heavy (non-hydrogen) atoms. The van der Waals surface area contributed by atoms with Crippen LogP contribution in [0.15, 0.2) is 34.9 Å². The molecule has 0 atom stereocenters. The van der Waals surface area contributed by atoms with Crippen LogP contribution in [0.1, 0.15) is 42.9 Å². The molecule has 1 N–H and O–H groups in total. The average molecular weight is 372 g/mol. The molecule has 6 nitrogen and oxygen atoms in total. The molecular weight excluding hydrogens is 346 g/mol. The summed E-state index contributed by atoms with van der Waals surface area (Å²) in [6, 6.07) is 8.18. The van der Waals surface area contributed by atoms with E-state index in [1.54, 1.807) is 11.3 Å². The van der Waals surface area contributed by atoms with Crippen LogP contribution >= 0.6 is 11.3 Å². The largest absolute Gasteiger partial charge is 0.465 e. The van der Waals surface area contributed by atoms with Crippen molar-refractivity contribution in [3.8, 4) is 5.13 Å². The maximum Gasteiger partial charge on any atom is 0.218 e. The second-order valence-electron chi connectivity index (χ2n) is 6.75. The molecule has 0 saturated carbocycles. The minimum atomic E-state index is 0.716. The maximum absolute atomic E-state index is 5.60. The summed E-state index contributed by atoms with van der Waals surface area (Å²) < 4.78 is 7.73. The zero-order chi connectivity index (χ0) is 17.8. The minimum Gasteiger partial charge on any atom is -0.465 e. The first kappa shape index (κ1) is 17.3. The zero-order valence-electron chi connectivity index (χ0n) is 15.1. The van der Waals surface area contributed by atoms with Gasteiger partial charge in [-0.15, -0.1) is 10.2 Å². The molecule has 138 valence electrons. The summed E-state index contributed by atoms with van der Waals surface area (Å²) in [5, 5.41) is 14.3. The van der Waals surface area contributed by atoms with Gasteiger partial charge in [0.05, 0.1) is 6.54 Å². The third-order valence-electron chi connectivity index (χ3n) is 4.72. The van der Waals surface area contributed by atoms with Crippen LogP contribution in [0, 0.1) is 6.92 Å². The Morgan fingerprint density at radius 2 is 1.85 bits per heavy atom. The van der Waals surface area contributed by atoms with E-state index in [9.17, 15) is 0 Å². The van der Waals surface area contributed by atoms with Gasteiger partial charge in [0, 0.05) is 31.5 Å². The lowest BCUT2D eigenvalue weighted by molar-refractivity contribution is 0.460. The van der Waals surface area contributed by atoms with Gasteiger partial charge in [0.15, 0.2) is 0 Å². The fourth-order valence-corrected chi connectivity index (χ4v) is 4.25. The fraction of sp³-hybridized carbons (Fsp3) is 0.474. The van der Waals surface area contributed by atoms with Crippen molar-refractivity contribution in [1.29, 1.82) is 0 Å². The SMILES string of the molecule is Cc1ccc(CNCc2cccn2-c2nnc(N3CCCCCC3)s2)o1. The number of anilines is 1. The van der Waals surface area contributed by atoms with Crippen molar-refractivity contribution in [2.75, 3.05) is 18.0 Å². The topological polar surface area (TPSA) is 59.1 Å². The first-order valence-corrected chi connectivity index (χ1v) is 10.1. The summed E-state index contributed by atoms with van der Waals surface area (Å²) in [7, 11) is 0. The molecular formula is C19H25N5OS. The lowest BCUT2D eigenvalue weighted by atomic mass is 10.2. The Balaban J connectivity index is 1.41. The molecule has 0 amide bonds. The molecule has 1 saturated heterocycles. The van der Waals surface area contributed by atoms with Crippen LogP contribution in [0.5, 0.6) is 0 Å². The Morgan fingerprint density at radius 3 is 2.62 bits per heavy atom. The second kappa shape index (κ2) is 8.05. The Kier molecular flexibility index (Phi) is 5.36. The van der Waals surface area contributed by atoms with Crippen LogP contribution in [0.3, 0.4) is 0 Å². The van der Waals surface area contributed by atoms with Crippen molar-refractivity contribution in [1.82, 2.24) is 20.1 Å². The van der Waals surface area contributed by atoms with Crippen LogP contribution in [0.25, 0.3) is 5.13 Å². The van der Waals surface area contributed by atoms with Gasteiger partial charge in [-0.05, 0) is 44.0 Å². The van der Waals surface area contributed by atoms with Crippen molar-refractivity contribution in [3.63, 3.8) is 0 Å². The predicted octanol–water partition coefficient (Wildman–Crippen LogP) is 3.90. The van der Waals surface area contributed by atoms with Crippen molar-refractivity contribution < 1.29 is 4.42 Å². The summed E-state index contributed by atoms with van der Waals surface area (Å²) in [5.41, 5.74) is 1.17. The van der Waals surface area contributed by atoms with E-state index in [-0.39, 0.29) is 0 Å². The van der Waals surface area contributed by atoms with Gasteiger partial charge in [-0.2, -0.15) is 0 Å². The van der Waals surface area contributed by atoms with Crippen LogP contribution in [0.4, 0.5) is 5.13 Å². The molecule has 3 aromatic heterocycles. The average Bonchev–Trinajstić information content (AvgIpc) is 3.33. The van der Waals surface area contributed by atoms with Gasteiger partial charge in [0.25, 0.3) is 0 Å². The quantitative estimate of drug-likeness (QED) is 0.712. The molecule has 0 aliphatic carbocycles. The Bertz CT molecular complexity index is 828. The molecule has 0 radical (unpaired) electrons. The van der Waals surface area contributed by atoms with Gasteiger partial charge in [-0.3, -0.25) is 4.57 Å². The van der Waals surface area contributed by atoms with Gasteiger partial charge >= 0.3 is 0 Å². The van der Waals surface area contributed by atoms with Gasteiger partial charge in [-0.1, -0.05) is 24.2 Å². The molecule has 1 aliphatic rings. The van der Waals surface area contributed by atoms with E-state index in [0.717, 1.165) is 41.4 Å². The molecule has 0 bridgehead atoms. The number of nitrogens with one attached hydrogen (secondary N) is 1. The molecule has 0 spiro atoms. The van der Waals surface area contributed by atoms with E-state index in [4.69, 9.17) is 4.42 Å². The second-order valence-corrected chi connectivity index (χ2v) is 7.69. The summed E-state index contributed by atoms with van der Waals surface area (Å²) in [6.07, 6.45) is 7.20. The van der Waals surface area contributed by atoms with Crippen molar-refractivity contribution in [3.05, 3.63) is 47.7 Å². The van der Waals surface area contributed by atoms with Crippen LogP contribution in [-0.4, -0.2) is 27.9 Å². The molecule has 4 heterocycles. The Morgan fingerprint density at radius 1 is 1.04 bits per heavy atom. The normalized spacial score (nSPS) is 15.3. The summed E-state index contributed by atoms with van der Waals surface area (Å²) in [6.45, 7) is 5.63. The van der Waals surface area contributed by atoms with Crippen molar-refractivity contribution >= 4 is 16.5 Å². The maximum atomic E-state index is 5.60. The molecule has 7 heteroatoms. The van der Waals surface area contributed by atoms with E-state index >= 15 is 0 Å². The monoisotopic (exact) mass is 371 g/mol. The van der Waals surface area contributed by atoms with E-state index in [0.29, 0.717) is 6.54 Å². The Labute approximate surface area is 157 Å². The van der Waals surface area contributed by atoms with Crippen molar-refractivity contribution in [2.45, 2.75) is 45.7 Å². The summed E-state index contributed by atoms with van der Waals surface area (Å²) in [5.74, 6) is 1.90.